The Morgan fingerprint density at radius 1 is 1.41 bits per heavy atom. The number of nitrogens with one attached hydrogen (secondary N) is 1. The first kappa shape index (κ1) is 12.4. The summed E-state index contributed by atoms with van der Waals surface area (Å²) in [6, 6.07) is 8.42. The van der Waals surface area contributed by atoms with E-state index in [0.29, 0.717) is 11.6 Å². The highest BCUT2D eigenvalue weighted by Gasteiger charge is 2.31. The molecule has 0 heterocycles. The molecule has 2 nitrogen and oxygen atoms in total. The zero-order valence-electron chi connectivity index (χ0n) is 10.2. The average molecular weight is 293 g/mol. The maximum Gasteiger partial charge on any atom is 0.0992 e. The third kappa shape index (κ3) is 2.81. The molecule has 1 aliphatic rings. The number of halogens is 1. The predicted octanol–water partition coefficient (Wildman–Crippen LogP) is 4.17. The van der Waals surface area contributed by atoms with Crippen LogP contribution in [0.5, 0.6) is 0 Å². The van der Waals surface area contributed by atoms with Gasteiger partial charge in [0, 0.05) is 16.2 Å². The van der Waals surface area contributed by atoms with Gasteiger partial charge >= 0.3 is 0 Å². The zero-order valence-corrected chi connectivity index (χ0v) is 11.8. The van der Waals surface area contributed by atoms with Crippen LogP contribution in [0.25, 0.3) is 0 Å². The Labute approximate surface area is 111 Å². The highest BCUT2D eigenvalue weighted by Crippen LogP contribution is 2.36. The molecule has 1 saturated carbocycles. The van der Waals surface area contributed by atoms with Crippen molar-refractivity contribution in [1.82, 2.24) is 0 Å². The quantitative estimate of drug-likeness (QED) is 0.908. The summed E-state index contributed by atoms with van der Waals surface area (Å²) in [6.07, 6.45) is 2.51. The fourth-order valence-electron chi connectivity index (χ4n) is 2.25. The van der Waals surface area contributed by atoms with Crippen LogP contribution in [-0.4, -0.2) is 6.04 Å². The van der Waals surface area contributed by atoms with Gasteiger partial charge in [-0.2, -0.15) is 5.26 Å². The Balaban J connectivity index is 1.95. The SMILES string of the molecule is CC(C)C1CC(Nc2ccc(C#N)cc2Br)C1. The normalized spacial score (nSPS) is 23.0. The van der Waals surface area contributed by atoms with Gasteiger partial charge < -0.3 is 5.32 Å². The molecule has 1 N–H and O–H groups in total. The molecule has 0 radical (unpaired) electrons. The number of hydrogen-bond donors (Lipinski definition) is 1. The minimum Gasteiger partial charge on any atom is -0.381 e. The maximum atomic E-state index is 8.80. The minimum atomic E-state index is 0.589. The lowest BCUT2D eigenvalue weighted by molar-refractivity contribution is 0.212. The largest absolute Gasteiger partial charge is 0.381 e. The molecule has 17 heavy (non-hydrogen) atoms. The second kappa shape index (κ2) is 5.10. The third-order valence-electron chi connectivity index (χ3n) is 3.58. The molecule has 0 saturated heterocycles. The van der Waals surface area contributed by atoms with Crippen LogP contribution in [0, 0.1) is 23.2 Å². The van der Waals surface area contributed by atoms with Gasteiger partial charge in [-0.3, -0.25) is 0 Å². The van der Waals surface area contributed by atoms with E-state index in [1.54, 1.807) is 0 Å². The standard InChI is InChI=1S/C14H17BrN2/c1-9(2)11-6-12(7-11)17-14-4-3-10(8-16)5-13(14)15/h3-5,9,11-12,17H,6-7H2,1-2H3. The van der Waals surface area contributed by atoms with Gasteiger partial charge in [-0.05, 0) is 58.8 Å². The number of nitrogens with zero attached hydrogens (tertiary/aromatic N) is 1. The molecule has 0 bridgehead atoms. The van der Waals surface area contributed by atoms with E-state index in [1.165, 1.54) is 12.8 Å². The number of hydrogen-bond acceptors (Lipinski definition) is 2. The van der Waals surface area contributed by atoms with Gasteiger partial charge in [-0.25, -0.2) is 0 Å². The van der Waals surface area contributed by atoms with Crippen LogP contribution in [0.3, 0.4) is 0 Å². The van der Waals surface area contributed by atoms with Gasteiger partial charge in [0.25, 0.3) is 0 Å². The molecular formula is C14H17BrN2. The van der Waals surface area contributed by atoms with Crippen LogP contribution in [0.15, 0.2) is 22.7 Å². The fraction of sp³-hybridized carbons (Fsp3) is 0.500. The van der Waals surface area contributed by atoms with Crippen molar-refractivity contribution in [3.63, 3.8) is 0 Å². The smallest absolute Gasteiger partial charge is 0.0992 e. The molecule has 0 atom stereocenters. The summed E-state index contributed by atoms with van der Waals surface area (Å²) < 4.78 is 0.976. The van der Waals surface area contributed by atoms with E-state index in [4.69, 9.17) is 5.26 Å². The van der Waals surface area contributed by atoms with E-state index in [-0.39, 0.29) is 0 Å². The van der Waals surface area contributed by atoms with Gasteiger partial charge in [0.2, 0.25) is 0 Å². The summed E-state index contributed by atoms with van der Waals surface area (Å²) in [7, 11) is 0. The lowest BCUT2D eigenvalue weighted by Gasteiger charge is -2.39. The Morgan fingerprint density at radius 2 is 2.12 bits per heavy atom. The van der Waals surface area contributed by atoms with Gasteiger partial charge in [0.15, 0.2) is 0 Å². The molecule has 2 rings (SSSR count). The Kier molecular flexibility index (Phi) is 3.73. The summed E-state index contributed by atoms with van der Waals surface area (Å²) in [5.41, 5.74) is 1.78. The van der Waals surface area contributed by atoms with Gasteiger partial charge in [0.05, 0.1) is 11.6 Å². The number of benzene rings is 1. The van der Waals surface area contributed by atoms with E-state index < -0.39 is 0 Å². The summed E-state index contributed by atoms with van der Waals surface area (Å²) >= 11 is 3.50. The van der Waals surface area contributed by atoms with Crippen LogP contribution in [0.2, 0.25) is 0 Å². The zero-order chi connectivity index (χ0) is 12.4. The first-order valence-corrected chi connectivity index (χ1v) is 6.85. The van der Waals surface area contributed by atoms with Gasteiger partial charge in [0.1, 0.15) is 0 Å². The molecular weight excluding hydrogens is 276 g/mol. The molecule has 0 spiro atoms. The molecule has 1 aliphatic carbocycles. The van der Waals surface area contributed by atoms with Crippen LogP contribution < -0.4 is 5.32 Å². The monoisotopic (exact) mass is 292 g/mol. The summed E-state index contributed by atoms with van der Waals surface area (Å²) in [4.78, 5) is 0. The maximum absolute atomic E-state index is 8.80. The molecule has 0 aromatic heterocycles. The van der Waals surface area contributed by atoms with Gasteiger partial charge in [-0.15, -0.1) is 0 Å². The Morgan fingerprint density at radius 3 is 2.65 bits per heavy atom. The van der Waals surface area contributed by atoms with Crippen molar-refractivity contribution in [2.75, 3.05) is 5.32 Å². The first-order chi connectivity index (χ1) is 8.10. The third-order valence-corrected chi connectivity index (χ3v) is 4.23. The predicted molar refractivity (Wildman–Crippen MR) is 73.8 cm³/mol. The van der Waals surface area contributed by atoms with Crippen LogP contribution in [0.4, 0.5) is 5.69 Å². The van der Waals surface area contributed by atoms with Crippen molar-refractivity contribution in [2.45, 2.75) is 32.7 Å². The highest BCUT2D eigenvalue weighted by molar-refractivity contribution is 9.10. The first-order valence-electron chi connectivity index (χ1n) is 6.06. The van der Waals surface area contributed by atoms with Crippen LogP contribution in [-0.2, 0) is 0 Å². The lowest BCUT2D eigenvalue weighted by atomic mass is 9.73. The van der Waals surface area contributed by atoms with E-state index in [9.17, 15) is 0 Å². The topological polar surface area (TPSA) is 35.8 Å². The molecule has 3 heteroatoms. The average Bonchev–Trinajstić information content (AvgIpc) is 2.23. The highest BCUT2D eigenvalue weighted by atomic mass is 79.9. The van der Waals surface area contributed by atoms with Crippen molar-refractivity contribution in [1.29, 1.82) is 5.26 Å². The second-order valence-electron chi connectivity index (χ2n) is 5.12. The minimum absolute atomic E-state index is 0.589. The lowest BCUT2D eigenvalue weighted by Crippen LogP contribution is -2.37. The second-order valence-corrected chi connectivity index (χ2v) is 5.98. The van der Waals surface area contributed by atoms with E-state index in [1.807, 2.05) is 18.2 Å². The molecule has 1 aromatic rings. The molecule has 1 aromatic carbocycles. The number of nitriles is 1. The fourth-order valence-corrected chi connectivity index (χ4v) is 2.74. The summed E-state index contributed by atoms with van der Waals surface area (Å²) in [5, 5.41) is 12.3. The van der Waals surface area contributed by atoms with Crippen molar-refractivity contribution >= 4 is 21.6 Å². The van der Waals surface area contributed by atoms with Crippen LogP contribution in [0.1, 0.15) is 32.3 Å². The number of anilines is 1. The summed E-state index contributed by atoms with van der Waals surface area (Å²) in [5.74, 6) is 1.65. The molecule has 0 unspecified atom stereocenters. The molecule has 0 aliphatic heterocycles. The van der Waals surface area contributed by atoms with Crippen molar-refractivity contribution in [2.24, 2.45) is 11.8 Å². The number of rotatable bonds is 3. The van der Waals surface area contributed by atoms with Crippen LogP contribution >= 0.6 is 15.9 Å². The Bertz CT molecular complexity index is 442. The van der Waals surface area contributed by atoms with E-state index >= 15 is 0 Å². The summed E-state index contributed by atoms with van der Waals surface area (Å²) in [6.45, 7) is 4.58. The molecule has 90 valence electrons. The van der Waals surface area contributed by atoms with Crippen molar-refractivity contribution in [3.05, 3.63) is 28.2 Å². The molecule has 0 amide bonds. The van der Waals surface area contributed by atoms with Gasteiger partial charge in [-0.1, -0.05) is 13.8 Å². The van der Waals surface area contributed by atoms with E-state index in [0.717, 1.165) is 22.0 Å². The van der Waals surface area contributed by atoms with Crippen molar-refractivity contribution < 1.29 is 0 Å². The molecule has 1 fully saturated rings. The Hall–Kier alpha value is -1.01. The van der Waals surface area contributed by atoms with E-state index in [2.05, 4.69) is 41.2 Å². The van der Waals surface area contributed by atoms with Crippen molar-refractivity contribution in [3.8, 4) is 6.07 Å².